The number of hydrogen-bond acceptors (Lipinski definition) is 5. The van der Waals surface area contributed by atoms with Gasteiger partial charge < -0.3 is 14.2 Å². The summed E-state index contributed by atoms with van der Waals surface area (Å²) in [5.74, 6) is -0.0421. The normalized spacial score (nSPS) is 19.3. The second-order valence-electron chi connectivity index (χ2n) is 7.62. The zero-order chi connectivity index (χ0) is 21.9. The van der Waals surface area contributed by atoms with Crippen LogP contribution in [0.15, 0.2) is 82.8 Å². The molecule has 0 saturated carbocycles. The maximum atomic E-state index is 12.9. The number of thioether (sulfide) groups is 1. The van der Waals surface area contributed by atoms with Crippen molar-refractivity contribution >= 4 is 40.3 Å². The van der Waals surface area contributed by atoms with Crippen LogP contribution in [0.25, 0.3) is 11.8 Å². The molecule has 2 aliphatic rings. The number of morpholine rings is 1. The van der Waals surface area contributed by atoms with E-state index in [1.807, 2.05) is 66.9 Å². The smallest absolute Gasteiger partial charge is 0.266 e. The van der Waals surface area contributed by atoms with E-state index in [1.54, 1.807) is 11.9 Å². The molecule has 2 aromatic carbocycles. The summed E-state index contributed by atoms with van der Waals surface area (Å²) in [4.78, 5) is 22.2. The lowest BCUT2D eigenvalue weighted by Gasteiger charge is -2.28. The highest BCUT2D eigenvalue weighted by Gasteiger charge is 2.30. The first-order chi connectivity index (χ1) is 15.7. The van der Waals surface area contributed by atoms with E-state index in [2.05, 4.69) is 21.6 Å². The highest BCUT2D eigenvalue weighted by atomic mass is 32.2. The van der Waals surface area contributed by atoms with Gasteiger partial charge in [-0.2, -0.15) is 0 Å². The van der Waals surface area contributed by atoms with Gasteiger partial charge in [-0.3, -0.25) is 9.69 Å². The fourth-order valence-electron chi connectivity index (χ4n) is 3.79. The zero-order valence-corrected chi connectivity index (χ0v) is 18.7. The summed E-state index contributed by atoms with van der Waals surface area (Å²) < 4.78 is 7.49. The lowest BCUT2D eigenvalue weighted by Crippen LogP contribution is -2.36. The van der Waals surface area contributed by atoms with E-state index >= 15 is 0 Å². The van der Waals surface area contributed by atoms with Crippen molar-refractivity contribution in [3.63, 3.8) is 0 Å². The number of carbonyl (C=O) groups is 1. The molecule has 0 aliphatic carbocycles. The summed E-state index contributed by atoms with van der Waals surface area (Å²) in [5.41, 5.74) is 4.01. The van der Waals surface area contributed by atoms with Gasteiger partial charge in [-0.25, -0.2) is 4.99 Å². The van der Waals surface area contributed by atoms with E-state index in [0.29, 0.717) is 10.1 Å². The Kier molecular flexibility index (Phi) is 5.83. The van der Waals surface area contributed by atoms with Crippen LogP contribution in [0.2, 0.25) is 0 Å². The van der Waals surface area contributed by atoms with E-state index in [9.17, 15) is 4.79 Å². The van der Waals surface area contributed by atoms with E-state index in [4.69, 9.17) is 9.73 Å². The topological polar surface area (TPSA) is 50.1 Å². The SMILES string of the molecule is CN1C(=O)/C(=C\c2cccn2-c2ccccc2)SC1=Nc1ccc(N2CCOCC2)cc1. The molecular weight excluding hydrogens is 420 g/mol. The first-order valence-corrected chi connectivity index (χ1v) is 11.4. The number of carbonyl (C=O) groups excluding carboxylic acids is 1. The number of amidine groups is 1. The van der Waals surface area contributed by atoms with Crippen molar-refractivity contribution in [1.82, 2.24) is 9.47 Å². The van der Waals surface area contributed by atoms with Crippen LogP contribution in [-0.4, -0.2) is 53.9 Å². The van der Waals surface area contributed by atoms with Gasteiger partial charge >= 0.3 is 0 Å². The van der Waals surface area contributed by atoms with E-state index < -0.39 is 0 Å². The van der Waals surface area contributed by atoms with Crippen molar-refractivity contribution in [3.05, 3.63) is 83.5 Å². The van der Waals surface area contributed by atoms with Gasteiger partial charge in [-0.1, -0.05) is 18.2 Å². The summed E-state index contributed by atoms with van der Waals surface area (Å²) in [6.07, 6.45) is 3.93. The Hall–Kier alpha value is -3.29. The molecule has 3 aromatic rings. The molecule has 32 heavy (non-hydrogen) atoms. The summed E-state index contributed by atoms with van der Waals surface area (Å²) in [7, 11) is 1.77. The number of aliphatic imine (C=N–C) groups is 1. The highest BCUT2D eigenvalue weighted by molar-refractivity contribution is 8.18. The van der Waals surface area contributed by atoms with Crippen molar-refractivity contribution in [2.75, 3.05) is 38.3 Å². The third-order valence-electron chi connectivity index (χ3n) is 5.55. The molecule has 3 heterocycles. The predicted octanol–water partition coefficient (Wildman–Crippen LogP) is 4.55. The first kappa shape index (κ1) is 20.6. The number of ether oxygens (including phenoxy) is 1. The molecule has 0 unspecified atom stereocenters. The Bertz CT molecular complexity index is 1160. The van der Waals surface area contributed by atoms with Crippen molar-refractivity contribution in [2.24, 2.45) is 4.99 Å². The van der Waals surface area contributed by atoms with Gasteiger partial charge in [0.05, 0.1) is 23.8 Å². The molecule has 0 spiro atoms. The standard InChI is InChI=1S/C25H24N4O2S/c1-27-24(30)23(18-22-8-5-13-29(22)21-6-3-2-4-7-21)32-25(27)26-19-9-11-20(12-10-19)28-14-16-31-17-15-28/h2-13,18H,14-17H2,1H3/b23-18+,26-25?. The van der Waals surface area contributed by atoms with Crippen LogP contribution in [0.3, 0.4) is 0 Å². The highest BCUT2D eigenvalue weighted by Crippen LogP contribution is 2.34. The number of likely N-dealkylation sites (N-methyl/N-ethyl adjacent to an activating group) is 1. The predicted molar refractivity (Wildman–Crippen MR) is 131 cm³/mol. The van der Waals surface area contributed by atoms with E-state index in [1.165, 1.54) is 17.4 Å². The molecule has 162 valence electrons. The van der Waals surface area contributed by atoms with Crippen LogP contribution in [0.5, 0.6) is 0 Å². The minimum Gasteiger partial charge on any atom is -0.378 e. The third-order valence-corrected chi connectivity index (χ3v) is 6.61. The van der Waals surface area contributed by atoms with E-state index in [0.717, 1.165) is 43.4 Å². The number of aromatic nitrogens is 1. The van der Waals surface area contributed by atoms with Gasteiger partial charge in [0.2, 0.25) is 0 Å². The molecular formula is C25H24N4O2S. The fourth-order valence-corrected chi connectivity index (χ4v) is 4.76. The third kappa shape index (κ3) is 4.22. The Morgan fingerprint density at radius 2 is 1.69 bits per heavy atom. The quantitative estimate of drug-likeness (QED) is 0.554. The number of nitrogens with zero attached hydrogens (tertiary/aromatic N) is 4. The van der Waals surface area contributed by atoms with Gasteiger partial charge in [0.1, 0.15) is 0 Å². The molecule has 0 atom stereocenters. The molecule has 7 heteroatoms. The number of benzene rings is 2. The Labute approximate surface area is 191 Å². The minimum atomic E-state index is -0.0421. The average Bonchev–Trinajstić information content (AvgIpc) is 3.41. The summed E-state index contributed by atoms with van der Waals surface area (Å²) in [6, 6.07) is 22.2. The van der Waals surface area contributed by atoms with Gasteiger partial charge in [0.25, 0.3) is 5.91 Å². The largest absolute Gasteiger partial charge is 0.378 e. The van der Waals surface area contributed by atoms with E-state index in [-0.39, 0.29) is 5.91 Å². The summed E-state index contributed by atoms with van der Waals surface area (Å²) in [5, 5.41) is 0.679. The van der Waals surface area contributed by atoms with Crippen LogP contribution in [0.4, 0.5) is 11.4 Å². The van der Waals surface area contributed by atoms with Gasteiger partial charge in [0, 0.05) is 43.4 Å². The second kappa shape index (κ2) is 9.06. The van der Waals surface area contributed by atoms with Crippen molar-refractivity contribution in [1.29, 1.82) is 0 Å². The maximum absolute atomic E-state index is 12.9. The molecule has 2 saturated heterocycles. The van der Waals surface area contributed by atoms with Crippen molar-refractivity contribution < 1.29 is 9.53 Å². The Morgan fingerprint density at radius 1 is 0.938 bits per heavy atom. The lowest BCUT2D eigenvalue weighted by molar-refractivity contribution is -0.121. The molecule has 0 radical (unpaired) electrons. The first-order valence-electron chi connectivity index (χ1n) is 10.6. The average molecular weight is 445 g/mol. The Balaban J connectivity index is 1.36. The van der Waals surface area contributed by atoms with Crippen molar-refractivity contribution in [3.8, 4) is 5.69 Å². The summed E-state index contributed by atoms with van der Waals surface area (Å²) >= 11 is 1.40. The van der Waals surface area contributed by atoms with Gasteiger partial charge in [0.15, 0.2) is 5.17 Å². The van der Waals surface area contributed by atoms with Crippen LogP contribution in [0.1, 0.15) is 5.69 Å². The lowest BCUT2D eigenvalue weighted by atomic mass is 10.2. The number of anilines is 1. The second-order valence-corrected chi connectivity index (χ2v) is 8.63. The van der Waals surface area contributed by atoms with Gasteiger partial charge in [-0.15, -0.1) is 0 Å². The molecule has 5 rings (SSSR count). The van der Waals surface area contributed by atoms with Crippen LogP contribution in [-0.2, 0) is 9.53 Å². The molecule has 2 aliphatic heterocycles. The zero-order valence-electron chi connectivity index (χ0n) is 17.8. The number of rotatable bonds is 4. The fraction of sp³-hybridized carbons (Fsp3) is 0.200. The molecule has 1 aromatic heterocycles. The van der Waals surface area contributed by atoms with Crippen LogP contribution >= 0.6 is 11.8 Å². The molecule has 0 N–H and O–H groups in total. The maximum Gasteiger partial charge on any atom is 0.266 e. The molecule has 1 amide bonds. The number of hydrogen-bond donors (Lipinski definition) is 0. The summed E-state index contributed by atoms with van der Waals surface area (Å²) in [6.45, 7) is 3.33. The minimum absolute atomic E-state index is 0.0421. The van der Waals surface area contributed by atoms with Crippen molar-refractivity contribution in [2.45, 2.75) is 0 Å². The molecule has 2 fully saturated rings. The number of amides is 1. The van der Waals surface area contributed by atoms with Gasteiger partial charge in [-0.05, 0) is 66.4 Å². The number of para-hydroxylation sites is 1. The van der Waals surface area contributed by atoms with Crippen LogP contribution in [0, 0.1) is 0 Å². The van der Waals surface area contributed by atoms with Crippen LogP contribution < -0.4 is 4.90 Å². The monoisotopic (exact) mass is 444 g/mol. The molecule has 6 nitrogen and oxygen atoms in total. The Morgan fingerprint density at radius 3 is 2.44 bits per heavy atom. The molecule has 0 bridgehead atoms.